The van der Waals surface area contributed by atoms with Crippen molar-refractivity contribution in [2.45, 2.75) is 57.4 Å². The molecule has 1 saturated heterocycles. The molecule has 1 aromatic carbocycles. The lowest BCUT2D eigenvalue weighted by molar-refractivity contribution is -0.118. The van der Waals surface area contributed by atoms with Crippen molar-refractivity contribution < 1.29 is 9.59 Å². The van der Waals surface area contributed by atoms with Crippen molar-refractivity contribution in [1.82, 2.24) is 0 Å². The van der Waals surface area contributed by atoms with E-state index in [4.69, 9.17) is 5.73 Å². The Morgan fingerprint density at radius 2 is 1.88 bits per heavy atom. The van der Waals surface area contributed by atoms with Gasteiger partial charge in [0.25, 0.3) is 0 Å². The highest BCUT2D eigenvalue weighted by molar-refractivity contribution is 5.97. The zero-order valence-corrected chi connectivity index (χ0v) is 14.2. The predicted molar refractivity (Wildman–Crippen MR) is 95.8 cm³/mol. The molecule has 5 heteroatoms. The molecule has 1 saturated carbocycles. The van der Waals surface area contributed by atoms with Gasteiger partial charge in [-0.3, -0.25) is 9.59 Å². The van der Waals surface area contributed by atoms with Gasteiger partial charge in [0.2, 0.25) is 11.8 Å². The van der Waals surface area contributed by atoms with Crippen LogP contribution in [0.4, 0.5) is 11.4 Å². The highest BCUT2D eigenvalue weighted by Crippen LogP contribution is 2.27. The zero-order chi connectivity index (χ0) is 16.9. The number of hydrogen-bond acceptors (Lipinski definition) is 3. The second kappa shape index (κ2) is 7.79. The third-order valence-corrected chi connectivity index (χ3v) is 5.17. The quantitative estimate of drug-likeness (QED) is 0.872. The molecule has 5 nitrogen and oxygen atoms in total. The lowest BCUT2D eigenvalue weighted by atomic mass is 9.85. The molecule has 1 aliphatic carbocycles. The van der Waals surface area contributed by atoms with E-state index in [-0.39, 0.29) is 11.8 Å². The molecule has 2 aliphatic rings. The molecule has 1 heterocycles. The summed E-state index contributed by atoms with van der Waals surface area (Å²) in [5.74, 6) is 0.634. The van der Waals surface area contributed by atoms with Crippen LogP contribution >= 0.6 is 0 Å². The van der Waals surface area contributed by atoms with Gasteiger partial charge in [-0.25, -0.2) is 0 Å². The molecule has 3 rings (SSSR count). The van der Waals surface area contributed by atoms with Gasteiger partial charge >= 0.3 is 0 Å². The Hall–Kier alpha value is -1.88. The number of nitrogens with zero attached hydrogens (tertiary/aromatic N) is 1. The molecule has 130 valence electrons. The topological polar surface area (TPSA) is 75.4 Å². The summed E-state index contributed by atoms with van der Waals surface area (Å²) in [6.45, 7) is 0.775. The summed E-state index contributed by atoms with van der Waals surface area (Å²) in [4.78, 5) is 25.8. The Labute approximate surface area is 143 Å². The van der Waals surface area contributed by atoms with Crippen LogP contribution in [-0.2, 0) is 9.59 Å². The minimum Gasteiger partial charge on any atom is -0.325 e. The van der Waals surface area contributed by atoms with Crippen LogP contribution in [0.5, 0.6) is 0 Å². The number of carbonyl (C=O) groups excluding carboxylic acids is 2. The lowest BCUT2D eigenvalue weighted by Gasteiger charge is -2.24. The second-order valence-electron chi connectivity index (χ2n) is 7.03. The molecule has 1 aromatic rings. The van der Waals surface area contributed by atoms with Gasteiger partial charge in [0.05, 0.1) is 6.04 Å². The number of amides is 2. The van der Waals surface area contributed by atoms with Gasteiger partial charge in [-0.05, 0) is 43.0 Å². The molecule has 2 amide bonds. The summed E-state index contributed by atoms with van der Waals surface area (Å²) in [6.07, 6.45) is 8.52. The SMILES string of the molecule is NC(CC1CCCCC1)C(=O)Nc1ccc(N2CCCC2=O)cc1. The maximum Gasteiger partial charge on any atom is 0.241 e. The molecular weight excluding hydrogens is 302 g/mol. The summed E-state index contributed by atoms with van der Waals surface area (Å²) < 4.78 is 0. The Bertz CT molecular complexity index is 579. The summed E-state index contributed by atoms with van der Waals surface area (Å²) in [7, 11) is 0. The minimum absolute atomic E-state index is 0.120. The van der Waals surface area contributed by atoms with E-state index < -0.39 is 6.04 Å². The van der Waals surface area contributed by atoms with Crippen molar-refractivity contribution in [2.24, 2.45) is 11.7 Å². The largest absolute Gasteiger partial charge is 0.325 e. The number of carbonyl (C=O) groups is 2. The standard InChI is InChI=1S/C19H27N3O2/c20-17(13-14-5-2-1-3-6-14)19(24)21-15-8-10-16(11-9-15)22-12-4-7-18(22)23/h8-11,14,17H,1-7,12-13,20H2,(H,21,24). The summed E-state index contributed by atoms with van der Waals surface area (Å²) in [6, 6.07) is 6.99. The number of hydrogen-bond donors (Lipinski definition) is 2. The van der Waals surface area contributed by atoms with E-state index in [0.29, 0.717) is 12.3 Å². The molecule has 0 bridgehead atoms. The van der Waals surface area contributed by atoms with Crippen LogP contribution < -0.4 is 16.0 Å². The maximum atomic E-state index is 12.3. The van der Waals surface area contributed by atoms with E-state index in [1.54, 1.807) is 4.90 Å². The maximum absolute atomic E-state index is 12.3. The van der Waals surface area contributed by atoms with Crippen molar-refractivity contribution in [1.29, 1.82) is 0 Å². The number of nitrogens with one attached hydrogen (secondary N) is 1. The smallest absolute Gasteiger partial charge is 0.241 e. The molecular formula is C19H27N3O2. The summed E-state index contributed by atoms with van der Waals surface area (Å²) in [5, 5.41) is 2.89. The molecule has 0 spiro atoms. The first kappa shape index (κ1) is 17.0. The van der Waals surface area contributed by atoms with Gasteiger partial charge in [-0.1, -0.05) is 32.1 Å². The highest BCUT2D eigenvalue weighted by Gasteiger charge is 2.23. The van der Waals surface area contributed by atoms with Crippen LogP contribution in [0.2, 0.25) is 0 Å². The van der Waals surface area contributed by atoms with E-state index in [0.717, 1.165) is 30.8 Å². The molecule has 3 N–H and O–H groups in total. The van der Waals surface area contributed by atoms with E-state index in [9.17, 15) is 9.59 Å². The van der Waals surface area contributed by atoms with Gasteiger partial charge in [-0.2, -0.15) is 0 Å². The number of anilines is 2. The van der Waals surface area contributed by atoms with Gasteiger partial charge in [0, 0.05) is 24.3 Å². The first-order valence-electron chi connectivity index (χ1n) is 9.10. The zero-order valence-electron chi connectivity index (χ0n) is 14.2. The summed E-state index contributed by atoms with van der Waals surface area (Å²) in [5.41, 5.74) is 7.70. The fourth-order valence-corrected chi connectivity index (χ4v) is 3.77. The average Bonchev–Trinajstić information content (AvgIpc) is 3.02. The third kappa shape index (κ3) is 4.15. The van der Waals surface area contributed by atoms with Crippen LogP contribution in [0.15, 0.2) is 24.3 Å². The molecule has 0 aromatic heterocycles. The van der Waals surface area contributed by atoms with Crippen molar-refractivity contribution in [3.63, 3.8) is 0 Å². The van der Waals surface area contributed by atoms with E-state index in [1.165, 1.54) is 32.1 Å². The van der Waals surface area contributed by atoms with E-state index in [1.807, 2.05) is 24.3 Å². The Morgan fingerprint density at radius 1 is 1.17 bits per heavy atom. The van der Waals surface area contributed by atoms with Crippen LogP contribution in [0.3, 0.4) is 0 Å². The Morgan fingerprint density at radius 3 is 2.50 bits per heavy atom. The predicted octanol–water partition coefficient (Wildman–Crippen LogP) is 3.05. The van der Waals surface area contributed by atoms with Gasteiger partial charge in [0.15, 0.2) is 0 Å². The van der Waals surface area contributed by atoms with Crippen molar-refractivity contribution in [2.75, 3.05) is 16.8 Å². The number of nitrogens with two attached hydrogens (primary N) is 1. The van der Waals surface area contributed by atoms with Crippen LogP contribution in [0.25, 0.3) is 0 Å². The van der Waals surface area contributed by atoms with E-state index in [2.05, 4.69) is 5.32 Å². The van der Waals surface area contributed by atoms with Gasteiger partial charge < -0.3 is 16.0 Å². The fraction of sp³-hybridized carbons (Fsp3) is 0.579. The minimum atomic E-state index is -0.451. The number of rotatable bonds is 5. The molecule has 24 heavy (non-hydrogen) atoms. The number of benzene rings is 1. The second-order valence-corrected chi connectivity index (χ2v) is 7.03. The highest BCUT2D eigenvalue weighted by atomic mass is 16.2. The van der Waals surface area contributed by atoms with Crippen LogP contribution in [-0.4, -0.2) is 24.4 Å². The average molecular weight is 329 g/mol. The van der Waals surface area contributed by atoms with E-state index >= 15 is 0 Å². The molecule has 1 atom stereocenters. The normalized spacial score (nSPS) is 20.2. The third-order valence-electron chi connectivity index (χ3n) is 5.17. The monoisotopic (exact) mass is 329 g/mol. The first-order chi connectivity index (χ1) is 11.6. The van der Waals surface area contributed by atoms with Gasteiger partial charge in [-0.15, -0.1) is 0 Å². The fourth-order valence-electron chi connectivity index (χ4n) is 3.77. The van der Waals surface area contributed by atoms with Crippen LogP contribution in [0.1, 0.15) is 51.4 Å². The lowest BCUT2D eigenvalue weighted by Crippen LogP contribution is -2.37. The van der Waals surface area contributed by atoms with Crippen molar-refractivity contribution in [3.8, 4) is 0 Å². The van der Waals surface area contributed by atoms with Crippen molar-refractivity contribution >= 4 is 23.2 Å². The molecule has 2 fully saturated rings. The molecule has 0 radical (unpaired) electrons. The first-order valence-corrected chi connectivity index (χ1v) is 9.10. The Kier molecular flexibility index (Phi) is 5.51. The summed E-state index contributed by atoms with van der Waals surface area (Å²) >= 11 is 0. The van der Waals surface area contributed by atoms with Crippen molar-refractivity contribution in [3.05, 3.63) is 24.3 Å². The van der Waals surface area contributed by atoms with Crippen LogP contribution in [0, 0.1) is 5.92 Å². The molecule has 1 aliphatic heterocycles. The van der Waals surface area contributed by atoms with Gasteiger partial charge in [0.1, 0.15) is 0 Å². The molecule has 1 unspecified atom stereocenters. The Balaban J connectivity index is 1.53.